The van der Waals surface area contributed by atoms with Gasteiger partial charge in [0, 0.05) is 44.0 Å². The molecule has 3 N–H and O–H groups in total. The minimum Gasteiger partial charge on any atom is -0.491 e. The second-order valence-electron chi connectivity index (χ2n) is 5.36. The molecule has 2 rings (SSSR count). The van der Waals surface area contributed by atoms with E-state index in [2.05, 4.69) is 22.4 Å². The SMILES string of the molecule is CC(C)Oc1cc(N)cc(NN2CCN(C)CC2)c1. The normalized spacial score (nSPS) is 17.7. The van der Waals surface area contributed by atoms with Crippen LogP contribution in [0, 0.1) is 0 Å². The van der Waals surface area contributed by atoms with E-state index in [1.165, 1.54) is 0 Å². The second-order valence-corrected chi connectivity index (χ2v) is 5.36. The Morgan fingerprint density at radius 3 is 2.47 bits per heavy atom. The van der Waals surface area contributed by atoms with E-state index in [-0.39, 0.29) is 6.10 Å². The van der Waals surface area contributed by atoms with Crippen LogP contribution in [0.25, 0.3) is 0 Å². The van der Waals surface area contributed by atoms with Gasteiger partial charge in [0.15, 0.2) is 0 Å². The Morgan fingerprint density at radius 2 is 1.84 bits per heavy atom. The first-order valence-corrected chi connectivity index (χ1v) is 6.80. The number of hydrogen-bond acceptors (Lipinski definition) is 5. The van der Waals surface area contributed by atoms with E-state index >= 15 is 0 Å². The topological polar surface area (TPSA) is 53.8 Å². The molecule has 0 amide bonds. The molecule has 1 aromatic carbocycles. The van der Waals surface area contributed by atoms with Crippen molar-refractivity contribution in [2.75, 3.05) is 44.4 Å². The highest BCUT2D eigenvalue weighted by molar-refractivity contribution is 5.58. The van der Waals surface area contributed by atoms with Crippen LogP contribution in [0.4, 0.5) is 11.4 Å². The Balaban J connectivity index is 2.01. The first-order chi connectivity index (χ1) is 9.02. The van der Waals surface area contributed by atoms with Gasteiger partial charge in [-0.15, -0.1) is 0 Å². The number of nitrogen functional groups attached to an aromatic ring is 1. The fourth-order valence-electron chi connectivity index (χ4n) is 2.13. The van der Waals surface area contributed by atoms with Gasteiger partial charge in [-0.25, -0.2) is 5.01 Å². The number of anilines is 2. The highest BCUT2D eigenvalue weighted by Gasteiger charge is 2.13. The number of hydrazine groups is 1. The Morgan fingerprint density at radius 1 is 1.16 bits per heavy atom. The number of likely N-dealkylation sites (N-methyl/N-ethyl adjacent to an activating group) is 1. The van der Waals surface area contributed by atoms with Crippen LogP contribution in [-0.2, 0) is 0 Å². The Kier molecular flexibility index (Phi) is 4.50. The number of nitrogens with two attached hydrogens (primary N) is 1. The van der Waals surface area contributed by atoms with E-state index in [9.17, 15) is 0 Å². The zero-order chi connectivity index (χ0) is 13.8. The zero-order valence-corrected chi connectivity index (χ0v) is 12.0. The lowest BCUT2D eigenvalue weighted by molar-refractivity contribution is 0.179. The number of benzene rings is 1. The van der Waals surface area contributed by atoms with E-state index in [4.69, 9.17) is 10.5 Å². The third kappa shape index (κ3) is 4.29. The van der Waals surface area contributed by atoms with Crippen LogP contribution in [0.1, 0.15) is 13.8 Å². The summed E-state index contributed by atoms with van der Waals surface area (Å²) in [4.78, 5) is 2.32. The maximum Gasteiger partial charge on any atom is 0.123 e. The molecule has 0 atom stereocenters. The summed E-state index contributed by atoms with van der Waals surface area (Å²) < 4.78 is 5.70. The lowest BCUT2D eigenvalue weighted by Gasteiger charge is -2.33. The quantitative estimate of drug-likeness (QED) is 0.810. The summed E-state index contributed by atoms with van der Waals surface area (Å²) in [5.41, 5.74) is 11.0. The summed E-state index contributed by atoms with van der Waals surface area (Å²) in [6.45, 7) is 8.18. The van der Waals surface area contributed by atoms with E-state index in [1.807, 2.05) is 32.0 Å². The molecule has 1 aliphatic heterocycles. The maximum absolute atomic E-state index is 5.92. The molecule has 5 nitrogen and oxygen atoms in total. The smallest absolute Gasteiger partial charge is 0.123 e. The van der Waals surface area contributed by atoms with Crippen molar-refractivity contribution in [1.29, 1.82) is 0 Å². The molecule has 1 aromatic rings. The lowest BCUT2D eigenvalue weighted by atomic mass is 10.2. The minimum absolute atomic E-state index is 0.151. The average molecular weight is 264 g/mol. The van der Waals surface area contributed by atoms with Crippen molar-refractivity contribution < 1.29 is 4.74 Å². The molecule has 106 valence electrons. The minimum atomic E-state index is 0.151. The highest BCUT2D eigenvalue weighted by Crippen LogP contribution is 2.24. The van der Waals surface area contributed by atoms with E-state index in [0.717, 1.165) is 43.3 Å². The van der Waals surface area contributed by atoms with Gasteiger partial charge in [0.25, 0.3) is 0 Å². The molecule has 1 heterocycles. The van der Waals surface area contributed by atoms with Gasteiger partial charge in [0.05, 0.1) is 11.8 Å². The van der Waals surface area contributed by atoms with Crippen molar-refractivity contribution in [2.24, 2.45) is 0 Å². The fraction of sp³-hybridized carbons (Fsp3) is 0.571. The van der Waals surface area contributed by atoms with Crippen molar-refractivity contribution in [3.63, 3.8) is 0 Å². The largest absolute Gasteiger partial charge is 0.491 e. The van der Waals surface area contributed by atoms with Crippen LogP contribution in [0.3, 0.4) is 0 Å². The van der Waals surface area contributed by atoms with Crippen molar-refractivity contribution in [3.8, 4) is 5.75 Å². The number of rotatable bonds is 4. The monoisotopic (exact) mass is 264 g/mol. The molecule has 0 aliphatic carbocycles. The zero-order valence-electron chi connectivity index (χ0n) is 12.0. The molecule has 0 bridgehead atoms. The van der Waals surface area contributed by atoms with Crippen LogP contribution in [0.15, 0.2) is 18.2 Å². The Bertz CT molecular complexity index is 414. The summed E-state index contributed by atoms with van der Waals surface area (Å²) in [6.07, 6.45) is 0.151. The first-order valence-electron chi connectivity index (χ1n) is 6.80. The van der Waals surface area contributed by atoms with Crippen LogP contribution < -0.4 is 15.9 Å². The Hall–Kier alpha value is -1.46. The molecule has 1 saturated heterocycles. The molecule has 1 fully saturated rings. The number of nitrogens with zero attached hydrogens (tertiary/aromatic N) is 2. The van der Waals surface area contributed by atoms with Crippen molar-refractivity contribution in [1.82, 2.24) is 9.91 Å². The number of piperazine rings is 1. The predicted octanol–water partition coefficient (Wildman–Crippen LogP) is 1.63. The molecule has 1 aliphatic rings. The molecule has 0 radical (unpaired) electrons. The first kappa shape index (κ1) is 14.0. The number of hydrogen-bond donors (Lipinski definition) is 2. The molecule has 0 spiro atoms. The van der Waals surface area contributed by atoms with Crippen LogP contribution in [0.2, 0.25) is 0 Å². The average Bonchev–Trinajstić information content (AvgIpc) is 2.30. The molecule has 5 heteroatoms. The molecule has 0 unspecified atom stereocenters. The summed E-state index contributed by atoms with van der Waals surface area (Å²) in [5, 5.41) is 2.22. The molecule has 19 heavy (non-hydrogen) atoms. The van der Waals surface area contributed by atoms with Gasteiger partial charge in [0.2, 0.25) is 0 Å². The van der Waals surface area contributed by atoms with E-state index in [0.29, 0.717) is 0 Å². The van der Waals surface area contributed by atoms with Crippen molar-refractivity contribution in [3.05, 3.63) is 18.2 Å². The summed E-state index contributed by atoms with van der Waals surface area (Å²) in [6, 6.07) is 5.79. The number of nitrogens with one attached hydrogen (secondary N) is 1. The van der Waals surface area contributed by atoms with Gasteiger partial charge >= 0.3 is 0 Å². The number of ether oxygens (including phenoxy) is 1. The van der Waals surface area contributed by atoms with Gasteiger partial charge in [-0.3, -0.25) is 0 Å². The summed E-state index contributed by atoms with van der Waals surface area (Å²) >= 11 is 0. The molecule has 0 saturated carbocycles. The fourth-order valence-corrected chi connectivity index (χ4v) is 2.13. The maximum atomic E-state index is 5.92. The molecular formula is C14H24N4O. The van der Waals surface area contributed by atoms with Crippen LogP contribution in [0.5, 0.6) is 5.75 Å². The summed E-state index contributed by atoms with van der Waals surface area (Å²) in [7, 11) is 2.15. The van der Waals surface area contributed by atoms with Gasteiger partial charge in [0.1, 0.15) is 5.75 Å². The molecule has 0 aromatic heterocycles. The van der Waals surface area contributed by atoms with Gasteiger partial charge < -0.3 is 20.8 Å². The third-order valence-corrected chi connectivity index (χ3v) is 3.09. The Labute approximate surface area is 115 Å². The van der Waals surface area contributed by atoms with Crippen molar-refractivity contribution >= 4 is 11.4 Å². The second kappa shape index (κ2) is 6.12. The van der Waals surface area contributed by atoms with Crippen LogP contribution in [-0.4, -0.2) is 49.2 Å². The lowest BCUT2D eigenvalue weighted by Crippen LogP contribution is -2.46. The van der Waals surface area contributed by atoms with Crippen LogP contribution >= 0.6 is 0 Å². The predicted molar refractivity (Wildman–Crippen MR) is 79.3 cm³/mol. The van der Waals surface area contributed by atoms with E-state index in [1.54, 1.807) is 0 Å². The standard InChI is InChI=1S/C14H24N4O/c1-11(2)19-14-9-12(15)8-13(10-14)16-18-6-4-17(3)5-7-18/h8-11,16H,4-7,15H2,1-3H3. The third-order valence-electron chi connectivity index (χ3n) is 3.09. The van der Waals surface area contributed by atoms with E-state index < -0.39 is 0 Å². The van der Waals surface area contributed by atoms with Gasteiger partial charge in [-0.05, 0) is 27.0 Å². The van der Waals surface area contributed by atoms with Gasteiger partial charge in [-0.1, -0.05) is 0 Å². The van der Waals surface area contributed by atoms with Gasteiger partial charge in [-0.2, -0.15) is 0 Å². The van der Waals surface area contributed by atoms with Crippen molar-refractivity contribution in [2.45, 2.75) is 20.0 Å². The molecular weight excluding hydrogens is 240 g/mol. The summed E-state index contributed by atoms with van der Waals surface area (Å²) in [5.74, 6) is 0.812. The highest BCUT2D eigenvalue weighted by atomic mass is 16.5.